The maximum Gasteiger partial charge on any atom is 0.327 e. The lowest BCUT2D eigenvalue weighted by Gasteiger charge is -2.34. The summed E-state index contributed by atoms with van der Waals surface area (Å²) >= 11 is 0. The Morgan fingerprint density at radius 2 is 2.11 bits per heavy atom. The Bertz CT molecular complexity index is 1430. The highest BCUT2D eigenvalue weighted by Gasteiger charge is 2.32. The van der Waals surface area contributed by atoms with Gasteiger partial charge in [0.2, 0.25) is 15.9 Å². The summed E-state index contributed by atoms with van der Waals surface area (Å²) in [6.45, 7) is 1.02. The summed E-state index contributed by atoms with van der Waals surface area (Å²) in [6.07, 6.45) is 7.57. The minimum absolute atomic E-state index is 0.0682. The number of carboxylic acid groups (broad SMARTS) is 1. The number of nitrogens with one attached hydrogen (secondary N) is 2. The molecule has 0 aliphatic carbocycles. The van der Waals surface area contributed by atoms with Crippen LogP contribution in [0.3, 0.4) is 0 Å². The van der Waals surface area contributed by atoms with Crippen molar-refractivity contribution in [2.24, 2.45) is 5.92 Å². The number of fused-ring (bicyclic) bond motifs is 1. The number of likely N-dealkylation sites (tertiary alicyclic amines) is 1. The van der Waals surface area contributed by atoms with Gasteiger partial charge in [0, 0.05) is 49.0 Å². The predicted octanol–water partition coefficient (Wildman–Crippen LogP) is 2.46. The quantitative estimate of drug-likeness (QED) is 0.377. The number of nitrogens with zero attached hydrogens (tertiary/aromatic N) is 3. The van der Waals surface area contributed by atoms with Crippen molar-refractivity contribution < 1.29 is 23.1 Å². The van der Waals surface area contributed by atoms with E-state index in [0.717, 1.165) is 12.5 Å². The standard InChI is InChI=1S/C25H27N5O5S/c26-16-19-5-3-13-29(19)15-11-22(25(33)30-14-2-4-18(17-30)8-9-24(31)32)28-36(34,35)23-7-1-6-21-20(23)10-12-27-21/h1,3,5-10,12-13,18,22,27-28H,2,4,11,14-15,17H2,(H,31,32). The number of hydrogen-bond donors (Lipinski definition) is 3. The molecule has 1 amide bonds. The molecule has 0 bridgehead atoms. The molecule has 4 rings (SSSR count). The fourth-order valence-corrected chi connectivity index (χ4v) is 6.00. The molecule has 1 aromatic carbocycles. The largest absolute Gasteiger partial charge is 0.478 e. The molecule has 3 N–H and O–H groups in total. The van der Waals surface area contributed by atoms with Crippen molar-refractivity contribution in [1.29, 1.82) is 5.26 Å². The number of H-pyrrole nitrogens is 1. The maximum atomic E-state index is 13.6. The summed E-state index contributed by atoms with van der Waals surface area (Å²) in [6, 6.07) is 10.9. The van der Waals surface area contributed by atoms with Crippen LogP contribution >= 0.6 is 0 Å². The molecule has 2 aromatic heterocycles. The number of sulfonamides is 1. The van der Waals surface area contributed by atoms with E-state index in [1.807, 2.05) is 0 Å². The Balaban J connectivity index is 1.59. The summed E-state index contributed by atoms with van der Waals surface area (Å²) in [5.41, 5.74) is 1.08. The topological polar surface area (TPSA) is 148 Å². The first-order valence-electron chi connectivity index (χ1n) is 11.6. The Kier molecular flexibility index (Phi) is 7.57. The normalized spacial score (nSPS) is 17.3. The van der Waals surface area contributed by atoms with Crippen LogP contribution in [0.25, 0.3) is 10.9 Å². The van der Waals surface area contributed by atoms with Crippen LogP contribution in [-0.4, -0.2) is 59.0 Å². The zero-order valence-corrected chi connectivity index (χ0v) is 20.3. The van der Waals surface area contributed by atoms with Gasteiger partial charge in [-0.05, 0) is 55.5 Å². The average Bonchev–Trinajstić information content (AvgIpc) is 3.54. The second-order valence-electron chi connectivity index (χ2n) is 8.74. The number of rotatable bonds is 9. The van der Waals surface area contributed by atoms with Crippen LogP contribution < -0.4 is 4.72 Å². The van der Waals surface area contributed by atoms with Crippen LogP contribution in [-0.2, 0) is 26.2 Å². The van der Waals surface area contributed by atoms with Gasteiger partial charge < -0.3 is 19.6 Å². The van der Waals surface area contributed by atoms with Crippen molar-refractivity contribution in [1.82, 2.24) is 19.2 Å². The van der Waals surface area contributed by atoms with Gasteiger partial charge >= 0.3 is 5.97 Å². The summed E-state index contributed by atoms with van der Waals surface area (Å²) in [4.78, 5) is 29.2. The number of carbonyl (C=O) groups is 2. The zero-order chi connectivity index (χ0) is 25.7. The van der Waals surface area contributed by atoms with Gasteiger partial charge in [-0.25, -0.2) is 13.2 Å². The van der Waals surface area contributed by atoms with E-state index in [0.29, 0.717) is 36.1 Å². The summed E-state index contributed by atoms with van der Waals surface area (Å²) < 4.78 is 31.2. The van der Waals surface area contributed by atoms with Gasteiger partial charge in [0.05, 0.1) is 4.90 Å². The smallest absolute Gasteiger partial charge is 0.327 e. The van der Waals surface area contributed by atoms with Crippen molar-refractivity contribution in [2.75, 3.05) is 13.1 Å². The third kappa shape index (κ3) is 5.67. The van der Waals surface area contributed by atoms with Gasteiger partial charge in [0.25, 0.3) is 0 Å². The van der Waals surface area contributed by atoms with Crippen molar-refractivity contribution in [3.8, 4) is 6.07 Å². The van der Waals surface area contributed by atoms with Crippen LogP contribution in [0, 0.1) is 17.2 Å². The molecule has 11 heteroatoms. The summed E-state index contributed by atoms with van der Waals surface area (Å²) in [5.74, 6) is -1.55. The molecule has 0 radical (unpaired) electrons. The molecule has 0 spiro atoms. The molecule has 3 aromatic rings. The molecule has 10 nitrogen and oxygen atoms in total. The third-order valence-corrected chi connectivity index (χ3v) is 7.85. The molecule has 36 heavy (non-hydrogen) atoms. The van der Waals surface area contributed by atoms with E-state index in [2.05, 4.69) is 15.8 Å². The lowest BCUT2D eigenvalue weighted by atomic mass is 9.96. The number of piperidine rings is 1. The monoisotopic (exact) mass is 509 g/mol. The number of hydrogen-bond acceptors (Lipinski definition) is 5. The Morgan fingerprint density at radius 1 is 1.28 bits per heavy atom. The van der Waals surface area contributed by atoms with Crippen molar-refractivity contribution >= 4 is 32.8 Å². The molecule has 2 unspecified atom stereocenters. The molecule has 2 atom stereocenters. The Labute approximate surface area is 208 Å². The van der Waals surface area contributed by atoms with Crippen LogP contribution in [0.5, 0.6) is 0 Å². The fourth-order valence-electron chi connectivity index (χ4n) is 4.56. The van der Waals surface area contributed by atoms with Crippen LogP contribution in [0.4, 0.5) is 0 Å². The number of carbonyl (C=O) groups excluding carboxylic acids is 1. The van der Waals surface area contributed by atoms with Gasteiger partial charge in [-0.15, -0.1) is 0 Å². The average molecular weight is 510 g/mol. The van der Waals surface area contributed by atoms with Crippen molar-refractivity contribution in [3.63, 3.8) is 0 Å². The Hall–Kier alpha value is -3.88. The molecular formula is C25H27N5O5S. The highest BCUT2D eigenvalue weighted by molar-refractivity contribution is 7.89. The van der Waals surface area contributed by atoms with Gasteiger partial charge in [0.1, 0.15) is 17.8 Å². The second kappa shape index (κ2) is 10.8. The first kappa shape index (κ1) is 25.2. The van der Waals surface area contributed by atoms with E-state index in [9.17, 15) is 23.3 Å². The van der Waals surface area contributed by atoms with Gasteiger partial charge in [-0.3, -0.25) is 4.79 Å². The first-order valence-corrected chi connectivity index (χ1v) is 13.1. The number of aromatic amines is 1. The van der Waals surface area contributed by atoms with E-state index in [1.54, 1.807) is 58.3 Å². The molecule has 1 saturated heterocycles. The van der Waals surface area contributed by atoms with E-state index in [-0.39, 0.29) is 29.7 Å². The number of benzene rings is 1. The molecule has 3 heterocycles. The minimum atomic E-state index is -4.06. The van der Waals surface area contributed by atoms with E-state index in [1.165, 1.54) is 6.07 Å². The van der Waals surface area contributed by atoms with Crippen LogP contribution in [0.2, 0.25) is 0 Å². The zero-order valence-electron chi connectivity index (χ0n) is 19.5. The lowest BCUT2D eigenvalue weighted by molar-refractivity contribution is -0.134. The number of nitriles is 1. The second-order valence-corrected chi connectivity index (χ2v) is 10.4. The van der Waals surface area contributed by atoms with E-state index >= 15 is 0 Å². The molecular weight excluding hydrogens is 482 g/mol. The molecule has 1 fully saturated rings. The van der Waals surface area contributed by atoms with E-state index < -0.39 is 22.0 Å². The van der Waals surface area contributed by atoms with Gasteiger partial charge in [-0.1, -0.05) is 12.1 Å². The number of aryl methyl sites for hydroxylation is 1. The summed E-state index contributed by atoms with van der Waals surface area (Å²) in [7, 11) is -4.06. The van der Waals surface area contributed by atoms with E-state index in [4.69, 9.17) is 5.11 Å². The molecule has 1 aliphatic heterocycles. The summed E-state index contributed by atoms with van der Waals surface area (Å²) in [5, 5.41) is 18.8. The Morgan fingerprint density at radius 3 is 2.89 bits per heavy atom. The molecule has 1 aliphatic rings. The minimum Gasteiger partial charge on any atom is -0.478 e. The van der Waals surface area contributed by atoms with Gasteiger partial charge in [-0.2, -0.15) is 9.98 Å². The highest BCUT2D eigenvalue weighted by Crippen LogP contribution is 2.24. The highest BCUT2D eigenvalue weighted by atomic mass is 32.2. The number of aliphatic carboxylic acids is 1. The molecule has 0 saturated carbocycles. The molecule has 188 valence electrons. The van der Waals surface area contributed by atoms with Crippen molar-refractivity contribution in [2.45, 2.75) is 36.7 Å². The number of carboxylic acids is 1. The fraction of sp³-hybridized carbons (Fsp3) is 0.320. The predicted molar refractivity (Wildman–Crippen MR) is 132 cm³/mol. The van der Waals surface area contributed by atoms with Crippen LogP contribution in [0.1, 0.15) is 25.0 Å². The first-order chi connectivity index (χ1) is 17.3. The lowest BCUT2D eigenvalue weighted by Crippen LogP contribution is -2.51. The SMILES string of the molecule is N#Cc1cccn1CCC(NS(=O)(=O)c1cccc2[nH]ccc12)C(=O)N1CCCC(C=CC(=O)O)C1. The van der Waals surface area contributed by atoms with Crippen molar-refractivity contribution in [3.05, 3.63) is 66.6 Å². The number of amides is 1. The van der Waals surface area contributed by atoms with Gasteiger partial charge in [0.15, 0.2) is 0 Å². The third-order valence-electron chi connectivity index (χ3n) is 6.32. The van der Waals surface area contributed by atoms with Crippen LogP contribution in [0.15, 0.2) is 65.8 Å². The number of aromatic nitrogens is 2. The maximum absolute atomic E-state index is 13.6.